The number of rotatable bonds is 3. The minimum absolute atomic E-state index is 0.336. The summed E-state index contributed by atoms with van der Waals surface area (Å²) in [6, 6.07) is 8.11. The van der Waals surface area contributed by atoms with Crippen molar-refractivity contribution < 1.29 is 4.74 Å². The van der Waals surface area contributed by atoms with Crippen molar-refractivity contribution in [2.75, 3.05) is 12.9 Å². The third kappa shape index (κ3) is 2.95. The molecule has 0 aromatic heterocycles. The third-order valence-corrected chi connectivity index (χ3v) is 5.45. The molecule has 2 fully saturated rings. The predicted molar refractivity (Wildman–Crippen MR) is 85.5 cm³/mol. The van der Waals surface area contributed by atoms with Gasteiger partial charge in [0.1, 0.15) is 5.75 Å². The van der Waals surface area contributed by atoms with Gasteiger partial charge >= 0.3 is 0 Å². The van der Waals surface area contributed by atoms with Crippen molar-refractivity contribution in [3.05, 3.63) is 29.8 Å². The number of thioether (sulfide) groups is 1. The first-order valence-electron chi connectivity index (χ1n) is 7.39. The van der Waals surface area contributed by atoms with Crippen molar-refractivity contribution in [2.45, 2.75) is 44.2 Å². The van der Waals surface area contributed by atoms with Crippen LogP contribution in [0.4, 0.5) is 0 Å². The number of hydrogen-bond donors (Lipinski definition) is 1. The van der Waals surface area contributed by atoms with E-state index >= 15 is 0 Å². The van der Waals surface area contributed by atoms with Crippen molar-refractivity contribution in [1.82, 2.24) is 5.32 Å². The molecule has 1 aromatic carbocycles. The Kier molecular flexibility index (Phi) is 4.20. The summed E-state index contributed by atoms with van der Waals surface area (Å²) in [6.45, 7) is 0.690. The van der Waals surface area contributed by atoms with E-state index in [9.17, 15) is 0 Å². The number of hydrogen-bond acceptors (Lipinski definition) is 3. The van der Waals surface area contributed by atoms with E-state index in [2.05, 4.69) is 11.4 Å². The maximum atomic E-state index is 5.37. The van der Waals surface area contributed by atoms with Crippen LogP contribution in [0, 0.1) is 0 Å². The molecule has 1 heterocycles. The maximum Gasteiger partial charge on any atom is 0.157 e. The van der Waals surface area contributed by atoms with Crippen molar-refractivity contribution in [1.29, 1.82) is 0 Å². The minimum Gasteiger partial charge on any atom is -0.496 e. The van der Waals surface area contributed by atoms with Gasteiger partial charge < -0.3 is 10.1 Å². The van der Waals surface area contributed by atoms with Crippen molar-refractivity contribution >= 4 is 16.9 Å². The lowest BCUT2D eigenvalue weighted by Crippen LogP contribution is -2.45. The smallest absolute Gasteiger partial charge is 0.157 e. The van der Waals surface area contributed by atoms with Crippen LogP contribution in [0.5, 0.6) is 5.75 Å². The Morgan fingerprint density at radius 3 is 2.85 bits per heavy atom. The molecular formula is C16H22N2OS. The molecule has 3 nitrogen and oxygen atoms in total. The van der Waals surface area contributed by atoms with Crippen LogP contribution in [-0.2, 0) is 6.54 Å². The quantitative estimate of drug-likeness (QED) is 0.923. The van der Waals surface area contributed by atoms with Crippen molar-refractivity contribution in [3.8, 4) is 5.75 Å². The van der Waals surface area contributed by atoms with Crippen LogP contribution >= 0.6 is 11.8 Å². The number of benzene rings is 1. The molecule has 1 aliphatic heterocycles. The first-order chi connectivity index (χ1) is 9.81. The third-order valence-electron chi connectivity index (χ3n) is 4.25. The van der Waals surface area contributed by atoms with E-state index in [-0.39, 0.29) is 0 Å². The van der Waals surface area contributed by atoms with Gasteiger partial charge in [0.2, 0.25) is 0 Å². The summed E-state index contributed by atoms with van der Waals surface area (Å²) < 4.78 is 5.37. The SMILES string of the molecule is COc1ccccc1CN=C1NC2(CCCCC2)CS1. The molecule has 1 aliphatic carbocycles. The molecule has 4 heteroatoms. The van der Waals surface area contributed by atoms with Crippen molar-refractivity contribution in [2.24, 2.45) is 4.99 Å². The molecule has 0 amide bonds. The van der Waals surface area contributed by atoms with Gasteiger partial charge in [-0.1, -0.05) is 49.2 Å². The van der Waals surface area contributed by atoms with E-state index in [1.807, 2.05) is 30.0 Å². The number of nitrogens with zero attached hydrogens (tertiary/aromatic N) is 1. The molecule has 20 heavy (non-hydrogen) atoms. The summed E-state index contributed by atoms with van der Waals surface area (Å²) in [5.74, 6) is 2.10. The molecular weight excluding hydrogens is 268 g/mol. The van der Waals surface area contributed by atoms with E-state index in [0.717, 1.165) is 16.5 Å². The molecule has 0 radical (unpaired) electrons. The Morgan fingerprint density at radius 2 is 2.05 bits per heavy atom. The lowest BCUT2D eigenvalue weighted by molar-refractivity contribution is 0.303. The number of aliphatic imine (C=N–C) groups is 1. The van der Waals surface area contributed by atoms with Crippen LogP contribution in [-0.4, -0.2) is 23.6 Å². The second-order valence-electron chi connectivity index (χ2n) is 5.69. The summed E-state index contributed by atoms with van der Waals surface area (Å²) in [5, 5.41) is 4.80. The van der Waals surface area contributed by atoms with Crippen LogP contribution in [0.2, 0.25) is 0 Å². The first kappa shape index (κ1) is 13.8. The monoisotopic (exact) mass is 290 g/mol. The van der Waals surface area contributed by atoms with Crippen molar-refractivity contribution in [3.63, 3.8) is 0 Å². The highest BCUT2D eigenvalue weighted by Gasteiger charge is 2.37. The molecule has 3 rings (SSSR count). The summed E-state index contributed by atoms with van der Waals surface area (Å²) in [5.41, 5.74) is 1.48. The molecule has 0 bridgehead atoms. The Labute approximate surface area is 125 Å². The van der Waals surface area contributed by atoms with E-state index in [1.165, 1.54) is 37.9 Å². The zero-order valence-electron chi connectivity index (χ0n) is 12.0. The number of methoxy groups -OCH3 is 1. The zero-order chi connectivity index (χ0) is 13.8. The molecule has 1 saturated heterocycles. The zero-order valence-corrected chi connectivity index (χ0v) is 12.8. The second kappa shape index (κ2) is 6.08. The highest BCUT2D eigenvalue weighted by atomic mass is 32.2. The Balaban J connectivity index is 1.65. The van der Waals surface area contributed by atoms with E-state index < -0.39 is 0 Å². The van der Waals surface area contributed by atoms with E-state index in [0.29, 0.717) is 12.1 Å². The fraction of sp³-hybridized carbons (Fsp3) is 0.562. The topological polar surface area (TPSA) is 33.6 Å². The maximum absolute atomic E-state index is 5.37. The van der Waals surface area contributed by atoms with Gasteiger partial charge in [0.05, 0.1) is 13.7 Å². The average Bonchev–Trinajstić information content (AvgIpc) is 2.89. The van der Waals surface area contributed by atoms with Crippen LogP contribution in [0.3, 0.4) is 0 Å². The summed E-state index contributed by atoms with van der Waals surface area (Å²) in [6.07, 6.45) is 6.70. The van der Waals surface area contributed by atoms with E-state index in [1.54, 1.807) is 7.11 Å². The number of nitrogens with one attached hydrogen (secondary N) is 1. The molecule has 1 saturated carbocycles. The summed E-state index contributed by atoms with van der Waals surface area (Å²) in [4.78, 5) is 4.74. The standard InChI is InChI=1S/C16H22N2OS/c1-19-14-8-4-3-7-13(14)11-17-15-18-16(12-20-15)9-5-2-6-10-16/h3-4,7-8H,2,5-6,9-12H2,1H3,(H,17,18). The van der Waals surface area contributed by atoms with Crippen LogP contribution in [0.25, 0.3) is 0 Å². The first-order valence-corrected chi connectivity index (χ1v) is 8.37. The second-order valence-corrected chi connectivity index (χ2v) is 6.65. The van der Waals surface area contributed by atoms with Gasteiger partial charge in [0.25, 0.3) is 0 Å². The average molecular weight is 290 g/mol. The molecule has 0 unspecified atom stereocenters. The Morgan fingerprint density at radius 1 is 1.25 bits per heavy atom. The lowest BCUT2D eigenvalue weighted by atomic mass is 9.83. The largest absolute Gasteiger partial charge is 0.496 e. The van der Waals surface area contributed by atoms with Crippen LogP contribution in [0.1, 0.15) is 37.7 Å². The summed E-state index contributed by atoms with van der Waals surface area (Å²) in [7, 11) is 1.71. The minimum atomic E-state index is 0.336. The number of amidine groups is 1. The fourth-order valence-electron chi connectivity index (χ4n) is 3.08. The van der Waals surface area contributed by atoms with E-state index in [4.69, 9.17) is 9.73 Å². The van der Waals surface area contributed by atoms with Crippen LogP contribution < -0.4 is 10.1 Å². The lowest BCUT2D eigenvalue weighted by Gasteiger charge is -2.32. The normalized spacial score (nSPS) is 22.9. The molecule has 0 atom stereocenters. The van der Waals surface area contributed by atoms with Gasteiger partial charge in [-0.05, 0) is 18.9 Å². The predicted octanol–water partition coefficient (Wildman–Crippen LogP) is 3.59. The highest BCUT2D eigenvalue weighted by Crippen LogP contribution is 2.36. The Bertz CT molecular complexity index is 495. The molecule has 1 aromatic rings. The molecule has 108 valence electrons. The van der Waals surface area contributed by atoms with Gasteiger partial charge in [-0.3, -0.25) is 4.99 Å². The van der Waals surface area contributed by atoms with Gasteiger partial charge in [-0.15, -0.1) is 0 Å². The van der Waals surface area contributed by atoms with Gasteiger partial charge in [0.15, 0.2) is 5.17 Å². The number of para-hydroxylation sites is 1. The highest BCUT2D eigenvalue weighted by molar-refractivity contribution is 8.14. The molecule has 1 spiro atoms. The van der Waals surface area contributed by atoms with Gasteiger partial charge in [-0.2, -0.15) is 0 Å². The molecule has 1 N–H and O–H groups in total. The van der Waals surface area contributed by atoms with Gasteiger partial charge in [-0.25, -0.2) is 0 Å². The Hall–Kier alpha value is -1.16. The fourth-order valence-corrected chi connectivity index (χ4v) is 4.30. The van der Waals surface area contributed by atoms with Crippen LogP contribution in [0.15, 0.2) is 29.3 Å². The van der Waals surface area contributed by atoms with Gasteiger partial charge in [0, 0.05) is 16.9 Å². The summed E-state index contributed by atoms with van der Waals surface area (Å²) >= 11 is 1.88. The molecule has 2 aliphatic rings. The number of ether oxygens (including phenoxy) is 1.